The summed E-state index contributed by atoms with van der Waals surface area (Å²) in [4.78, 5) is 14.9. The van der Waals surface area contributed by atoms with E-state index in [9.17, 15) is 14.3 Å². The van der Waals surface area contributed by atoms with Crippen LogP contribution in [-0.2, 0) is 4.79 Å². The molecule has 2 aromatic carbocycles. The summed E-state index contributed by atoms with van der Waals surface area (Å²) in [7, 11) is 1.60. The van der Waals surface area contributed by atoms with Gasteiger partial charge in [0.15, 0.2) is 0 Å². The lowest BCUT2D eigenvalue weighted by molar-refractivity contribution is -0.135. The molecule has 1 aliphatic heterocycles. The quantitative estimate of drug-likeness (QED) is 0.775. The van der Waals surface area contributed by atoms with Crippen molar-refractivity contribution in [3.05, 3.63) is 59.9 Å². The first-order valence-corrected chi connectivity index (χ1v) is 10.6. The molecule has 0 bridgehead atoms. The number of fused-ring (bicyclic) bond motifs is 1. The second kappa shape index (κ2) is 8.74. The van der Waals surface area contributed by atoms with Gasteiger partial charge in [0.2, 0.25) is 5.91 Å². The summed E-state index contributed by atoms with van der Waals surface area (Å²) in [5, 5.41) is 14.2. The highest BCUT2D eigenvalue weighted by atomic mass is 19.1. The van der Waals surface area contributed by atoms with E-state index in [1.165, 1.54) is 12.1 Å². The van der Waals surface area contributed by atoms with Gasteiger partial charge in [0.1, 0.15) is 11.6 Å². The first kappa shape index (κ1) is 20.8. The Hall–Kier alpha value is -2.44. The highest BCUT2D eigenvalue weighted by Gasteiger charge is 2.49. The smallest absolute Gasteiger partial charge is 0.238 e. The highest BCUT2D eigenvalue weighted by molar-refractivity contribution is 5.92. The molecule has 160 valence electrons. The molecule has 0 aromatic heterocycles. The fraction of sp³-hybridized carbons (Fsp3) is 0.458. The molecule has 0 unspecified atom stereocenters. The molecule has 1 saturated carbocycles. The van der Waals surface area contributed by atoms with Crippen LogP contribution < -0.4 is 10.1 Å². The van der Waals surface area contributed by atoms with Crippen LogP contribution >= 0.6 is 0 Å². The molecule has 30 heavy (non-hydrogen) atoms. The minimum atomic E-state index is -0.708. The zero-order valence-corrected chi connectivity index (χ0v) is 17.3. The van der Waals surface area contributed by atoms with Crippen LogP contribution in [0.15, 0.2) is 48.5 Å². The predicted octanol–water partition coefficient (Wildman–Crippen LogP) is 4.14. The summed E-state index contributed by atoms with van der Waals surface area (Å²) < 4.78 is 18.7. The second-order valence-electron chi connectivity index (χ2n) is 8.45. The summed E-state index contributed by atoms with van der Waals surface area (Å²) in [6.07, 6.45) is 4.46. The fourth-order valence-electron chi connectivity index (χ4n) is 5.08. The molecule has 1 amide bonds. The third kappa shape index (κ3) is 4.35. The van der Waals surface area contributed by atoms with Gasteiger partial charge in [-0.3, -0.25) is 9.69 Å². The summed E-state index contributed by atoms with van der Waals surface area (Å²) in [6.45, 7) is 0.853. The van der Waals surface area contributed by atoms with Crippen LogP contribution in [0.5, 0.6) is 5.75 Å². The minimum Gasteiger partial charge on any atom is -0.497 e. The molecule has 0 spiro atoms. The van der Waals surface area contributed by atoms with Crippen molar-refractivity contribution in [1.29, 1.82) is 0 Å². The average molecular weight is 413 g/mol. The number of nitrogens with one attached hydrogen (secondary N) is 1. The minimum absolute atomic E-state index is 0.0410. The summed E-state index contributed by atoms with van der Waals surface area (Å²) in [5.41, 5.74) is 0.962. The van der Waals surface area contributed by atoms with E-state index in [0.29, 0.717) is 18.7 Å². The van der Waals surface area contributed by atoms with Crippen molar-refractivity contribution in [2.45, 2.75) is 43.7 Å². The number of ether oxygens (including phenoxy) is 1. The molecular formula is C24H29FN2O3. The Morgan fingerprint density at radius 2 is 1.90 bits per heavy atom. The fourth-order valence-corrected chi connectivity index (χ4v) is 5.08. The van der Waals surface area contributed by atoms with Crippen LogP contribution in [0.1, 0.15) is 43.7 Å². The maximum atomic E-state index is 13.5. The van der Waals surface area contributed by atoms with Gasteiger partial charge in [0, 0.05) is 24.2 Å². The van der Waals surface area contributed by atoms with Crippen molar-refractivity contribution >= 4 is 11.6 Å². The largest absolute Gasteiger partial charge is 0.497 e. The summed E-state index contributed by atoms with van der Waals surface area (Å²) in [6, 6.07) is 13.6. The molecule has 2 N–H and O–H groups in total. The number of likely N-dealkylation sites (tertiary alicyclic amines) is 1. The number of piperidine rings is 1. The summed E-state index contributed by atoms with van der Waals surface area (Å²) in [5.74, 6) is 0.391. The number of benzene rings is 2. The molecule has 1 heterocycles. The molecular weight excluding hydrogens is 383 g/mol. The lowest BCUT2D eigenvalue weighted by Gasteiger charge is -2.52. The third-order valence-corrected chi connectivity index (χ3v) is 6.60. The van der Waals surface area contributed by atoms with E-state index in [1.54, 1.807) is 31.4 Å². The standard InChI is InChI=1S/C24H29FN2O3/c1-30-20-11-9-19(10-12-20)26-22(28)16-27-15-14-24(29)13-3-2-4-21(24)23(27)17-5-7-18(25)8-6-17/h5-12,21,23,29H,2-4,13-16H2,1H3,(H,26,28)/t21-,23+,24+/m1/s1. The number of amides is 1. The van der Waals surface area contributed by atoms with Gasteiger partial charge in [-0.15, -0.1) is 0 Å². The molecule has 5 nitrogen and oxygen atoms in total. The van der Waals surface area contributed by atoms with E-state index in [-0.39, 0.29) is 30.2 Å². The summed E-state index contributed by atoms with van der Waals surface area (Å²) >= 11 is 0. The first-order chi connectivity index (χ1) is 14.5. The molecule has 0 radical (unpaired) electrons. The zero-order valence-electron chi connectivity index (χ0n) is 17.3. The third-order valence-electron chi connectivity index (χ3n) is 6.60. The number of methoxy groups -OCH3 is 1. The number of aliphatic hydroxyl groups is 1. The lowest BCUT2D eigenvalue weighted by atomic mass is 9.66. The SMILES string of the molecule is COc1ccc(NC(=O)CN2CC[C@@]3(O)CCCC[C@@H]3[C@@H]2c2ccc(F)cc2)cc1. The molecule has 6 heteroatoms. The number of hydrogen-bond donors (Lipinski definition) is 2. The van der Waals surface area contributed by atoms with Crippen LogP contribution in [0, 0.1) is 11.7 Å². The normalized spacial score (nSPS) is 26.6. The van der Waals surface area contributed by atoms with Crippen molar-refractivity contribution in [3.63, 3.8) is 0 Å². The van der Waals surface area contributed by atoms with Gasteiger partial charge in [-0.05, 0) is 61.2 Å². The Labute approximate surface area is 176 Å². The Bertz CT molecular complexity index is 871. The Kier molecular flexibility index (Phi) is 6.06. The number of hydrogen-bond acceptors (Lipinski definition) is 4. The van der Waals surface area contributed by atoms with Crippen molar-refractivity contribution in [2.24, 2.45) is 5.92 Å². The predicted molar refractivity (Wildman–Crippen MR) is 114 cm³/mol. The molecule has 3 atom stereocenters. The van der Waals surface area contributed by atoms with Gasteiger partial charge in [-0.1, -0.05) is 25.0 Å². The zero-order chi connectivity index (χ0) is 21.1. The number of carbonyl (C=O) groups is 1. The molecule has 2 aromatic rings. The van der Waals surface area contributed by atoms with Crippen molar-refractivity contribution in [2.75, 3.05) is 25.5 Å². The number of nitrogens with zero attached hydrogens (tertiary/aromatic N) is 1. The van der Waals surface area contributed by atoms with Crippen LogP contribution in [-0.4, -0.2) is 41.7 Å². The van der Waals surface area contributed by atoms with E-state index in [0.717, 1.165) is 37.0 Å². The highest BCUT2D eigenvalue weighted by Crippen LogP contribution is 2.49. The average Bonchev–Trinajstić information content (AvgIpc) is 2.75. The number of anilines is 1. The van der Waals surface area contributed by atoms with Gasteiger partial charge in [-0.25, -0.2) is 4.39 Å². The molecule has 4 rings (SSSR count). The van der Waals surface area contributed by atoms with Crippen LogP contribution in [0.2, 0.25) is 0 Å². The van der Waals surface area contributed by atoms with E-state index in [1.807, 2.05) is 12.1 Å². The van der Waals surface area contributed by atoms with Gasteiger partial charge in [-0.2, -0.15) is 0 Å². The van der Waals surface area contributed by atoms with Gasteiger partial charge < -0.3 is 15.2 Å². The molecule has 1 saturated heterocycles. The maximum Gasteiger partial charge on any atom is 0.238 e. The van der Waals surface area contributed by atoms with E-state index in [4.69, 9.17) is 4.74 Å². The van der Waals surface area contributed by atoms with Crippen LogP contribution in [0.25, 0.3) is 0 Å². The van der Waals surface area contributed by atoms with Crippen molar-refractivity contribution in [1.82, 2.24) is 4.90 Å². The van der Waals surface area contributed by atoms with Gasteiger partial charge >= 0.3 is 0 Å². The topological polar surface area (TPSA) is 61.8 Å². The monoisotopic (exact) mass is 412 g/mol. The van der Waals surface area contributed by atoms with E-state index < -0.39 is 5.60 Å². The van der Waals surface area contributed by atoms with Crippen LogP contribution in [0.3, 0.4) is 0 Å². The van der Waals surface area contributed by atoms with Crippen molar-refractivity contribution in [3.8, 4) is 5.75 Å². The molecule has 1 aliphatic carbocycles. The van der Waals surface area contributed by atoms with Gasteiger partial charge in [0.25, 0.3) is 0 Å². The Morgan fingerprint density at radius 1 is 1.17 bits per heavy atom. The van der Waals surface area contributed by atoms with Gasteiger partial charge in [0.05, 0.1) is 19.3 Å². The number of halogens is 1. The van der Waals surface area contributed by atoms with E-state index in [2.05, 4.69) is 10.2 Å². The van der Waals surface area contributed by atoms with Crippen LogP contribution in [0.4, 0.5) is 10.1 Å². The number of carbonyl (C=O) groups excluding carboxylic acids is 1. The first-order valence-electron chi connectivity index (χ1n) is 10.6. The Morgan fingerprint density at radius 3 is 2.60 bits per heavy atom. The number of rotatable bonds is 5. The lowest BCUT2D eigenvalue weighted by Crippen LogP contribution is -2.56. The maximum absolute atomic E-state index is 13.5. The van der Waals surface area contributed by atoms with Crippen molar-refractivity contribution < 1.29 is 19.0 Å². The van der Waals surface area contributed by atoms with E-state index >= 15 is 0 Å². The molecule has 2 fully saturated rings. The molecule has 2 aliphatic rings. The Balaban J connectivity index is 1.53. The second-order valence-corrected chi connectivity index (χ2v) is 8.45.